The molecule has 0 nitrogen and oxygen atoms in total. The zero-order chi connectivity index (χ0) is 28.1. The molecule has 42 heavy (non-hydrogen) atoms. The van der Waals surface area contributed by atoms with E-state index in [1.165, 1.54) is 33.4 Å². The molecule has 4 aromatic carbocycles. The van der Waals surface area contributed by atoms with E-state index >= 15 is 0 Å². The zero-order valence-electron chi connectivity index (χ0n) is 25.6. The van der Waals surface area contributed by atoms with E-state index in [0.717, 1.165) is 6.42 Å². The number of benzene rings is 4. The zero-order valence-corrected chi connectivity index (χ0v) is 29.6. The predicted molar refractivity (Wildman–Crippen MR) is 168 cm³/mol. The molecule has 3 heteroatoms. The summed E-state index contributed by atoms with van der Waals surface area (Å²) in [7, 11) is 0. The van der Waals surface area contributed by atoms with E-state index in [-0.39, 0.29) is 35.6 Å². The number of halogens is 2. The molecule has 0 amide bonds. The summed E-state index contributed by atoms with van der Waals surface area (Å²) in [6.07, 6.45) is 10.7. The number of fused-ring (bicyclic) bond motifs is 3. The van der Waals surface area contributed by atoms with Gasteiger partial charge in [-0.25, -0.2) is 0 Å². The maximum Gasteiger partial charge on any atom is -1.00 e. The molecule has 2 aliphatic rings. The molecule has 0 saturated heterocycles. The van der Waals surface area contributed by atoms with Gasteiger partial charge >= 0.3 is 251 Å². The second kappa shape index (κ2) is 12.8. The van der Waals surface area contributed by atoms with Crippen molar-refractivity contribution in [3.8, 4) is 11.1 Å². The van der Waals surface area contributed by atoms with Crippen LogP contribution in [-0.2, 0) is 39.0 Å². The van der Waals surface area contributed by atoms with Gasteiger partial charge in [-0.15, -0.1) is 0 Å². The SMILES string of the molecule is CC(C)(C)c1ccc2c(c1)Cc1c-2ccc(C(C)(C)C)[c]1[Zr+2]([CH]1C=CC=C1)[CH](c1ccccc1)c1ccccc1.[Cl-].[Cl-]. The maximum atomic E-state index is 2.51. The quantitative estimate of drug-likeness (QED) is 0.267. The van der Waals surface area contributed by atoms with Crippen LogP contribution in [0.25, 0.3) is 11.1 Å². The van der Waals surface area contributed by atoms with E-state index < -0.39 is 21.8 Å². The Labute approximate surface area is 273 Å². The summed E-state index contributed by atoms with van der Waals surface area (Å²) in [5, 5.41) is 0. The van der Waals surface area contributed by atoms with Gasteiger partial charge in [0.15, 0.2) is 0 Å². The third-order valence-electron chi connectivity index (χ3n) is 8.72. The van der Waals surface area contributed by atoms with Crippen molar-refractivity contribution in [3.05, 3.63) is 149 Å². The standard InChI is InChI=1S/C21H25.C13H11.C5H5.2ClH.Zr/c1-20(2,3)16-7-9-18-14(12-16)11-15-13-17(21(4,5)6)8-10-19(15)18;1-3-7-12(8-4-1)11-13-9-5-2-6-10-13;1-2-4-5-3-1;;;/h7-10,12H,11H2,1-6H3;1-11H;1-5H;2*1H;/q;;;;;+2/p-2. The average molecular weight is 672 g/mol. The van der Waals surface area contributed by atoms with Crippen LogP contribution in [0.2, 0.25) is 3.63 Å². The van der Waals surface area contributed by atoms with Crippen LogP contribution < -0.4 is 28.1 Å². The second-order valence-electron chi connectivity index (χ2n) is 13.6. The Balaban J connectivity index is 0.00000202. The topological polar surface area (TPSA) is 0 Å². The molecule has 0 aromatic heterocycles. The van der Waals surface area contributed by atoms with Crippen molar-refractivity contribution in [2.45, 2.75) is 66.0 Å². The molecule has 0 unspecified atom stereocenters. The van der Waals surface area contributed by atoms with Crippen LogP contribution in [0.5, 0.6) is 0 Å². The average Bonchev–Trinajstić information content (AvgIpc) is 3.59. The molecule has 0 radical (unpaired) electrons. The van der Waals surface area contributed by atoms with Crippen molar-refractivity contribution in [3.63, 3.8) is 0 Å². The van der Waals surface area contributed by atoms with Crippen molar-refractivity contribution >= 4 is 3.27 Å². The van der Waals surface area contributed by atoms with Crippen LogP contribution in [0, 0.1) is 0 Å². The van der Waals surface area contributed by atoms with E-state index in [1.807, 2.05) is 0 Å². The fourth-order valence-corrected chi connectivity index (χ4v) is 16.7. The molecular weight excluding hydrogens is 631 g/mol. The second-order valence-corrected chi connectivity index (χ2v) is 20.1. The van der Waals surface area contributed by atoms with Crippen molar-refractivity contribution in [1.82, 2.24) is 0 Å². The van der Waals surface area contributed by atoms with E-state index in [1.54, 1.807) is 14.4 Å². The first kappa shape index (κ1) is 32.7. The normalized spacial score (nSPS) is 13.9. The van der Waals surface area contributed by atoms with Gasteiger partial charge in [0.1, 0.15) is 0 Å². The minimum absolute atomic E-state index is 0. The van der Waals surface area contributed by atoms with Gasteiger partial charge in [-0.05, 0) is 0 Å². The molecule has 0 saturated carbocycles. The number of hydrogen-bond donors (Lipinski definition) is 0. The van der Waals surface area contributed by atoms with Gasteiger partial charge in [0.2, 0.25) is 0 Å². The van der Waals surface area contributed by atoms with E-state index in [0.29, 0.717) is 7.25 Å². The monoisotopic (exact) mass is 669 g/mol. The van der Waals surface area contributed by atoms with Crippen LogP contribution in [0.3, 0.4) is 0 Å². The fourth-order valence-electron chi connectivity index (χ4n) is 6.68. The molecule has 0 spiro atoms. The van der Waals surface area contributed by atoms with Crippen LogP contribution in [-0.4, -0.2) is 0 Å². The first-order chi connectivity index (χ1) is 19.1. The Morgan fingerprint density at radius 3 is 1.71 bits per heavy atom. The molecule has 2 aliphatic carbocycles. The molecule has 6 rings (SSSR count). The van der Waals surface area contributed by atoms with Gasteiger partial charge in [-0.3, -0.25) is 0 Å². The van der Waals surface area contributed by atoms with Crippen molar-refractivity contribution in [2.75, 3.05) is 0 Å². The molecule has 0 atom stereocenters. The Morgan fingerprint density at radius 2 is 1.19 bits per heavy atom. The third kappa shape index (κ3) is 6.22. The van der Waals surface area contributed by atoms with Crippen molar-refractivity contribution < 1.29 is 46.6 Å². The molecule has 0 N–H and O–H groups in total. The Kier molecular flexibility index (Phi) is 9.99. The van der Waals surface area contributed by atoms with Crippen LogP contribution in [0.15, 0.2) is 115 Å². The smallest absolute Gasteiger partial charge is 1.00 e. The molecule has 4 aromatic rings. The van der Waals surface area contributed by atoms with Gasteiger partial charge in [0, 0.05) is 0 Å². The minimum atomic E-state index is -2.59. The summed E-state index contributed by atoms with van der Waals surface area (Å²) in [6.45, 7) is 14.2. The Bertz CT molecular complexity index is 1540. The van der Waals surface area contributed by atoms with Crippen LogP contribution in [0.1, 0.15) is 78.5 Å². The first-order valence-electron chi connectivity index (χ1n) is 14.7. The predicted octanol–water partition coefficient (Wildman–Crippen LogP) is 3.81. The van der Waals surface area contributed by atoms with Gasteiger partial charge < -0.3 is 24.8 Å². The third-order valence-corrected chi connectivity index (χ3v) is 17.4. The maximum absolute atomic E-state index is 2.59. The fraction of sp³-hybridized carbons (Fsp3) is 0.282. The largest absolute Gasteiger partial charge is 1.00 e. The summed E-state index contributed by atoms with van der Waals surface area (Å²) in [6, 6.07) is 35.0. The Morgan fingerprint density at radius 1 is 0.643 bits per heavy atom. The summed E-state index contributed by atoms with van der Waals surface area (Å²) >= 11 is -2.59. The summed E-state index contributed by atoms with van der Waals surface area (Å²) in [5.41, 5.74) is 12.2. The molecule has 0 heterocycles. The van der Waals surface area contributed by atoms with Gasteiger partial charge in [0.25, 0.3) is 0 Å². The number of hydrogen-bond acceptors (Lipinski definition) is 0. The molecule has 0 aliphatic heterocycles. The number of allylic oxidation sites excluding steroid dienone is 4. The van der Waals surface area contributed by atoms with Gasteiger partial charge in [0.05, 0.1) is 0 Å². The Hall–Kier alpha value is -2.18. The number of rotatable bonds is 5. The summed E-state index contributed by atoms with van der Waals surface area (Å²) in [4.78, 5) is 0. The summed E-state index contributed by atoms with van der Waals surface area (Å²) in [5.74, 6) is 0. The minimum Gasteiger partial charge on any atom is -1.00 e. The molecular formula is C39H41Cl2Zr. The van der Waals surface area contributed by atoms with Crippen molar-refractivity contribution in [1.29, 1.82) is 0 Å². The van der Waals surface area contributed by atoms with Crippen molar-refractivity contribution in [2.24, 2.45) is 0 Å². The summed E-state index contributed by atoms with van der Waals surface area (Å²) < 4.78 is 2.71. The van der Waals surface area contributed by atoms with Gasteiger partial charge in [-0.1, -0.05) is 0 Å². The molecule has 215 valence electrons. The van der Waals surface area contributed by atoms with Crippen LogP contribution in [0.4, 0.5) is 0 Å². The molecule has 0 bridgehead atoms. The molecule has 0 fully saturated rings. The van der Waals surface area contributed by atoms with E-state index in [9.17, 15) is 0 Å². The van der Waals surface area contributed by atoms with E-state index in [2.05, 4.69) is 157 Å². The van der Waals surface area contributed by atoms with Crippen LogP contribution >= 0.6 is 0 Å². The van der Waals surface area contributed by atoms with E-state index in [4.69, 9.17) is 0 Å². The first-order valence-corrected chi connectivity index (χ1v) is 18.8. The van der Waals surface area contributed by atoms with Gasteiger partial charge in [-0.2, -0.15) is 0 Å².